The number of thioether (sulfide) groups is 1. The van der Waals surface area contributed by atoms with Gasteiger partial charge in [0.2, 0.25) is 0 Å². The van der Waals surface area contributed by atoms with E-state index in [-0.39, 0.29) is 10.5 Å². The van der Waals surface area contributed by atoms with Gasteiger partial charge in [-0.3, -0.25) is 9.59 Å². The van der Waals surface area contributed by atoms with Gasteiger partial charge in [-0.25, -0.2) is 9.69 Å². The second kappa shape index (κ2) is 7.92. The quantitative estimate of drug-likeness (QED) is 0.586. The maximum absolute atomic E-state index is 12.8. The van der Waals surface area contributed by atoms with E-state index in [2.05, 4.69) is 0 Å². The van der Waals surface area contributed by atoms with Crippen molar-refractivity contribution in [2.45, 2.75) is 0 Å². The lowest BCUT2D eigenvalue weighted by atomic mass is 10.1. The van der Waals surface area contributed by atoms with E-state index < -0.39 is 17.1 Å². The third-order valence-electron chi connectivity index (χ3n) is 4.41. The van der Waals surface area contributed by atoms with E-state index in [4.69, 9.17) is 14.3 Å². The van der Waals surface area contributed by atoms with Gasteiger partial charge >= 0.3 is 5.97 Å². The maximum atomic E-state index is 12.8. The SMILES string of the molecule is COc1ccccc1N1C(=O)S/C(=C\c2ccc(-c3cccc(C(=O)O)c3)o2)C1=O. The lowest BCUT2D eigenvalue weighted by Gasteiger charge is -2.15. The van der Waals surface area contributed by atoms with Crippen molar-refractivity contribution in [2.24, 2.45) is 0 Å². The van der Waals surface area contributed by atoms with Crippen LogP contribution in [0.15, 0.2) is 70.0 Å². The molecule has 2 amide bonds. The van der Waals surface area contributed by atoms with Gasteiger partial charge in [0.05, 0.1) is 23.3 Å². The molecule has 1 aliphatic heterocycles. The number of benzene rings is 2. The summed E-state index contributed by atoms with van der Waals surface area (Å²) in [5.74, 6) is -0.266. The van der Waals surface area contributed by atoms with Crippen LogP contribution < -0.4 is 9.64 Å². The number of carbonyl (C=O) groups excluding carboxylic acids is 2. The molecule has 1 N–H and O–H groups in total. The summed E-state index contributed by atoms with van der Waals surface area (Å²) in [6.07, 6.45) is 1.49. The minimum absolute atomic E-state index is 0.142. The molecule has 1 aliphatic rings. The molecule has 2 heterocycles. The van der Waals surface area contributed by atoms with Gasteiger partial charge in [0.15, 0.2) is 0 Å². The first-order chi connectivity index (χ1) is 14.5. The molecule has 0 radical (unpaired) electrons. The molecule has 0 atom stereocenters. The van der Waals surface area contributed by atoms with Crippen molar-refractivity contribution in [1.29, 1.82) is 0 Å². The number of aromatic carboxylic acids is 1. The van der Waals surface area contributed by atoms with Crippen LogP contribution in [0.3, 0.4) is 0 Å². The Balaban J connectivity index is 1.62. The van der Waals surface area contributed by atoms with E-state index in [9.17, 15) is 14.4 Å². The van der Waals surface area contributed by atoms with Crippen LogP contribution in [0.1, 0.15) is 16.1 Å². The van der Waals surface area contributed by atoms with Gasteiger partial charge in [0, 0.05) is 11.6 Å². The van der Waals surface area contributed by atoms with Gasteiger partial charge in [-0.15, -0.1) is 0 Å². The molecule has 7 nitrogen and oxygen atoms in total. The van der Waals surface area contributed by atoms with Crippen molar-refractivity contribution < 1.29 is 28.6 Å². The normalized spacial score (nSPS) is 15.1. The standard InChI is InChI=1S/C22H15NO6S/c1-28-18-8-3-2-7-16(18)23-20(24)19(30-22(23)27)12-15-9-10-17(29-15)13-5-4-6-14(11-13)21(25)26/h2-12H,1H3,(H,25,26)/b19-12-. The van der Waals surface area contributed by atoms with E-state index in [1.807, 2.05) is 0 Å². The minimum Gasteiger partial charge on any atom is -0.495 e. The van der Waals surface area contributed by atoms with E-state index in [1.165, 1.54) is 25.3 Å². The molecule has 2 aromatic carbocycles. The Morgan fingerprint density at radius 2 is 1.90 bits per heavy atom. The number of anilines is 1. The van der Waals surface area contributed by atoms with E-state index in [0.717, 1.165) is 16.7 Å². The van der Waals surface area contributed by atoms with Crippen molar-refractivity contribution in [3.8, 4) is 17.1 Å². The van der Waals surface area contributed by atoms with Crippen molar-refractivity contribution in [3.63, 3.8) is 0 Å². The van der Waals surface area contributed by atoms with Crippen molar-refractivity contribution >= 4 is 40.6 Å². The molecule has 30 heavy (non-hydrogen) atoms. The number of nitrogens with zero attached hydrogens (tertiary/aromatic N) is 1. The first kappa shape index (κ1) is 19.5. The number of carboxylic acid groups (broad SMARTS) is 1. The highest BCUT2D eigenvalue weighted by Gasteiger charge is 2.37. The van der Waals surface area contributed by atoms with E-state index in [1.54, 1.807) is 48.5 Å². The van der Waals surface area contributed by atoms with Crippen LogP contribution in [0, 0.1) is 0 Å². The molecule has 1 fully saturated rings. The molecule has 1 saturated heterocycles. The Bertz CT molecular complexity index is 1200. The summed E-state index contributed by atoms with van der Waals surface area (Å²) in [5, 5.41) is 8.70. The second-order valence-corrected chi connectivity index (χ2v) is 7.27. The number of hydrogen-bond donors (Lipinski definition) is 1. The van der Waals surface area contributed by atoms with Gasteiger partial charge in [-0.2, -0.15) is 0 Å². The molecular formula is C22H15NO6S. The number of amides is 2. The van der Waals surface area contributed by atoms with Crippen LogP contribution in [-0.4, -0.2) is 29.3 Å². The number of ether oxygens (including phenoxy) is 1. The Kier molecular flexibility index (Phi) is 5.16. The zero-order valence-corrected chi connectivity index (χ0v) is 16.5. The number of methoxy groups -OCH3 is 1. The summed E-state index contributed by atoms with van der Waals surface area (Å²) in [7, 11) is 1.47. The molecule has 3 aromatic rings. The zero-order chi connectivity index (χ0) is 21.3. The zero-order valence-electron chi connectivity index (χ0n) is 15.7. The minimum atomic E-state index is -1.03. The molecule has 0 spiro atoms. The van der Waals surface area contributed by atoms with E-state index >= 15 is 0 Å². The molecule has 4 rings (SSSR count). The topological polar surface area (TPSA) is 97.1 Å². The number of para-hydroxylation sites is 2. The number of carboxylic acids is 1. The van der Waals surface area contributed by atoms with Gasteiger partial charge < -0.3 is 14.3 Å². The monoisotopic (exact) mass is 421 g/mol. The van der Waals surface area contributed by atoms with Crippen LogP contribution in [0.5, 0.6) is 5.75 Å². The summed E-state index contributed by atoms with van der Waals surface area (Å²) in [6, 6.07) is 16.5. The van der Waals surface area contributed by atoms with Crippen molar-refractivity contribution in [3.05, 3.63) is 76.9 Å². The van der Waals surface area contributed by atoms with Crippen LogP contribution in [0.4, 0.5) is 10.5 Å². The molecule has 150 valence electrons. The number of rotatable bonds is 5. The average molecular weight is 421 g/mol. The van der Waals surface area contributed by atoms with Gasteiger partial charge in [0.25, 0.3) is 11.1 Å². The third-order valence-corrected chi connectivity index (χ3v) is 5.28. The van der Waals surface area contributed by atoms with Crippen molar-refractivity contribution in [2.75, 3.05) is 12.0 Å². The molecule has 0 saturated carbocycles. The molecule has 0 bridgehead atoms. The molecule has 1 aromatic heterocycles. The Labute approximate surface area is 175 Å². The summed E-state index contributed by atoms with van der Waals surface area (Å²) >= 11 is 0.807. The maximum Gasteiger partial charge on any atom is 0.335 e. The number of carbonyl (C=O) groups is 3. The Morgan fingerprint density at radius 3 is 2.67 bits per heavy atom. The Morgan fingerprint density at radius 1 is 1.10 bits per heavy atom. The predicted molar refractivity (Wildman–Crippen MR) is 113 cm³/mol. The van der Waals surface area contributed by atoms with Crippen LogP contribution in [0.2, 0.25) is 0 Å². The Hall–Kier alpha value is -3.78. The smallest absolute Gasteiger partial charge is 0.335 e. The fraction of sp³-hybridized carbons (Fsp3) is 0.0455. The lowest BCUT2D eigenvalue weighted by molar-refractivity contribution is -0.113. The van der Waals surface area contributed by atoms with Crippen LogP contribution in [-0.2, 0) is 4.79 Å². The number of furan rings is 1. The average Bonchev–Trinajstić information content (AvgIpc) is 3.32. The third kappa shape index (κ3) is 3.60. The lowest BCUT2D eigenvalue weighted by Crippen LogP contribution is -2.28. The summed E-state index contributed by atoms with van der Waals surface area (Å²) < 4.78 is 11.0. The summed E-state index contributed by atoms with van der Waals surface area (Å²) in [5.41, 5.74) is 1.11. The largest absolute Gasteiger partial charge is 0.495 e. The molecule has 0 aliphatic carbocycles. The number of hydrogen-bond acceptors (Lipinski definition) is 6. The molecule has 8 heteroatoms. The highest BCUT2D eigenvalue weighted by molar-refractivity contribution is 8.19. The van der Waals surface area contributed by atoms with E-state index in [0.29, 0.717) is 28.5 Å². The molecule has 0 unspecified atom stereocenters. The predicted octanol–water partition coefficient (Wildman–Crippen LogP) is 4.89. The molecular weight excluding hydrogens is 406 g/mol. The summed E-state index contributed by atoms with van der Waals surface area (Å²) in [6.45, 7) is 0. The first-order valence-corrected chi connectivity index (χ1v) is 9.64. The second-order valence-electron chi connectivity index (χ2n) is 6.28. The van der Waals surface area contributed by atoms with Crippen LogP contribution in [0.25, 0.3) is 17.4 Å². The number of imide groups is 1. The van der Waals surface area contributed by atoms with Crippen molar-refractivity contribution in [1.82, 2.24) is 0 Å². The summed E-state index contributed by atoms with van der Waals surface area (Å²) in [4.78, 5) is 37.7. The van der Waals surface area contributed by atoms with Crippen LogP contribution >= 0.6 is 11.8 Å². The first-order valence-electron chi connectivity index (χ1n) is 8.82. The van der Waals surface area contributed by atoms with Gasteiger partial charge in [-0.05, 0) is 48.2 Å². The van der Waals surface area contributed by atoms with Gasteiger partial charge in [0.1, 0.15) is 17.3 Å². The van der Waals surface area contributed by atoms with Gasteiger partial charge in [-0.1, -0.05) is 24.3 Å². The highest BCUT2D eigenvalue weighted by atomic mass is 32.2. The highest BCUT2D eigenvalue weighted by Crippen LogP contribution is 2.39. The fourth-order valence-electron chi connectivity index (χ4n) is 3.01. The fourth-order valence-corrected chi connectivity index (χ4v) is 3.82.